The number of carbonyl (C=O) groups is 1. The van der Waals surface area contributed by atoms with Crippen molar-refractivity contribution >= 4 is 5.97 Å². The molecule has 2 aliphatic rings. The van der Waals surface area contributed by atoms with E-state index in [2.05, 4.69) is 34.5 Å². The first-order chi connectivity index (χ1) is 16.7. The van der Waals surface area contributed by atoms with E-state index in [0.29, 0.717) is 23.7 Å². The summed E-state index contributed by atoms with van der Waals surface area (Å²) in [5.41, 5.74) is 3.14. The number of esters is 1. The molecule has 0 aromatic heterocycles. The van der Waals surface area contributed by atoms with Crippen molar-refractivity contribution in [2.75, 3.05) is 7.11 Å². The van der Waals surface area contributed by atoms with E-state index in [1.165, 1.54) is 43.9 Å². The van der Waals surface area contributed by atoms with Gasteiger partial charge < -0.3 is 14.8 Å². The van der Waals surface area contributed by atoms with E-state index in [4.69, 9.17) is 9.47 Å². The minimum absolute atomic E-state index is 0.281. The third-order valence-corrected chi connectivity index (χ3v) is 7.12. The third-order valence-electron chi connectivity index (χ3n) is 7.12. The minimum Gasteiger partial charge on any atom is -0.465 e. The molecule has 0 saturated carbocycles. The number of methoxy groups -OCH3 is 1. The number of hydrogen-bond donors (Lipinski definition) is 1. The Morgan fingerprint density at radius 3 is 2.12 bits per heavy atom. The van der Waals surface area contributed by atoms with Crippen LogP contribution >= 0.6 is 0 Å². The van der Waals surface area contributed by atoms with Crippen molar-refractivity contribution in [1.29, 1.82) is 0 Å². The Kier molecular flexibility index (Phi) is 6.93. The summed E-state index contributed by atoms with van der Waals surface area (Å²) in [6, 6.07) is 27.9. The second-order valence-corrected chi connectivity index (χ2v) is 9.35. The molecule has 2 unspecified atom stereocenters. The number of ether oxygens (including phenoxy) is 2. The third kappa shape index (κ3) is 5.32. The maximum Gasteiger partial charge on any atom is 0.337 e. The van der Waals surface area contributed by atoms with E-state index in [1.807, 2.05) is 54.6 Å². The molecule has 5 heteroatoms. The largest absolute Gasteiger partial charge is 0.465 e. The molecule has 2 aliphatic heterocycles. The lowest BCUT2D eigenvalue weighted by atomic mass is 9.96. The predicted molar refractivity (Wildman–Crippen MR) is 133 cm³/mol. The smallest absolute Gasteiger partial charge is 0.337 e. The predicted octanol–water partition coefficient (Wildman–Crippen LogP) is 5.55. The molecule has 3 aromatic rings. The fraction of sp³-hybridized carbons (Fsp3) is 0.345. The van der Waals surface area contributed by atoms with Gasteiger partial charge in [0.05, 0.1) is 12.7 Å². The van der Waals surface area contributed by atoms with Crippen molar-refractivity contribution in [3.8, 4) is 11.5 Å². The van der Waals surface area contributed by atoms with Crippen LogP contribution in [0, 0.1) is 0 Å². The van der Waals surface area contributed by atoms with Crippen LogP contribution in [0.4, 0.5) is 0 Å². The molecule has 5 rings (SSSR count). The molecule has 34 heavy (non-hydrogen) atoms. The molecular formula is C29H32N2O3. The number of benzene rings is 3. The van der Waals surface area contributed by atoms with E-state index < -0.39 is 0 Å². The lowest BCUT2D eigenvalue weighted by Gasteiger charge is -2.39. The quantitative estimate of drug-likeness (QED) is 0.451. The average molecular weight is 457 g/mol. The highest BCUT2D eigenvalue weighted by molar-refractivity contribution is 5.89. The Balaban J connectivity index is 1.11. The van der Waals surface area contributed by atoms with Crippen LogP contribution in [0.1, 0.15) is 47.2 Å². The molecule has 5 nitrogen and oxygen atoms in total. The summed E-state index contributed by atoms with van der Waals surface area (Å²) < 4.78 is 10.7. The summed E-state index contributed by atoms with van der Waals surface area (Å²) in [6.45, 7) is 1.83. The van der Waals surface area contributed by atoms with Crippen LogP contribution in [0.2, 0.25) is 0 Å². The molecule has 1 N–H and O–H groups in total. The summed E-state index contributed by atoms with van der Waals surface area (Å²) in [6.07, 6.45) is 4.92. The van der Waals surface area contributed by atoms with E-state index in [1.54, 1.807) is 0 Å². The molecule has 2 heterocycles. The number of piperidine rings is 1. The Morgan fingerprint density at radius 2 is 1.47 bits per heavy atom. The number of nitrogens with one attached hydrogen (secondary N) is 1. The number of carbonyl (C=O) groups excluding carboxylic acids is 1. The normalized spacial score (nSPS) is 21.9. The molecule has 0 spiro atoms. The Morgan fingerprint density at radius 1 is 0.853 bits per heavy atom. The minimum atomic E-state index is -0.281. The van der Waals surface area contributed by atoms with Crippen molar-refractivity contribution in [3.05, 3.63) is 95.6 Å². The SMILES string of the molecule is COC(=O)c1ccc(CN2C3CCC2CC(NCc2ccc(Oc4ccccc4)cc2)C3)cc1. The second-order valence-electron chi connectivity index (χ2n) is 9.35. The maximum atomic E-state index is 11.7. The first kappa shape index (κ1) is 22.6. The highest BCUT2D eigenvalue weighted by Gasteiger charge is 2.40. The number of fused-ring (bicyclic) bond motifs is 2. The van der Waals surface area contributed by atoms with E-state index in [9.17, 15) is 4.79 Å². The molecule has 0 amide bonds. The lowest BCUT2D eigenvalue weighted by molar-refractivity contribution is 0.0600. The molecule has 0 radical (unpaired) electrons. The summed E-state index contributed by atoms with van der Waals surface area (Å²) >= 11 is 0. The van der Waals surface area contributed by atoms with Crippen LogP contribution in [0.15, 0.2) is 78.9 Å². The Hall–Kier alpha value is -3.15. The second kappa shape index (κ2) is 10.4. The molecule has 2 atom stereocenters. The van der Waals surface area contributed by atoms with Gasteiger partial charge in [-0.25, -0.2) is 4.79 Å². The number of hydrogen-bond acceptors (Lipinski definition) is 5. The van der Waals surface area contributed by atoms with Crippen LogP contribution < -0.4 is 10.1 Å². The highest BCUT2D eigenvalue weighted by Crippen LogP contribution is 2.37. The zero-order chi connectivity index (χ0) is 23.3. The summed E-state index contributed by atoms with van der Waals surface area (Å²) in [7, 11) is 1.42. The van der Waals surface area contributed by atoms with E-state index >= 15 is 0 Å². The van der Waals surface area contributed by atoms with Gasteiger partial charge in [-0.2, -0.15) is 0 Å². The van der Waals surface area contributed by atoms with Crippen LogP contribution in [0.3, 0.4) is 0 Å². The monoisotopic (exact) mass is 456 g/mol. The number of para-hydroxylation sites is 1. The first-order valence-electron chi connectivity index (χ1n) is 12.2. The van der Waals surface area contributed by atoms with Gasteiger partial charge in [-0.3, -0.25) is 4.90 Å². The van der Waals surface area contributed by atoms with Gasteiger partial charge >= 0.3 is 5.97 Å². The van der Waals surface area contributed by atoms with Gasteiger partial charge in [0, 0.05) is 31.2 Å². The van der Waals surface area contributed by atoms with Crippen LogP contribution in [-0.4, -0.2) is 36.1 Å². The summed E-state index contributed by atoms with van der Waals surface area (Å²) in [4.78, 5) is 14.3. The average Bonchev–Trinajstić information content (AvgIpc) is 3.10. The van der Waals surface area contributed by atoms with Gasteiger partial charge in [-0.15, -0.1) is 0 Å². The number of nitrogens with zero attached hydrogens (tertiary/aromatic N) is 1. The highest BCUT2D eigenvalue weighted by atomic mass is 16.5. The van der Waals surface area contributed by atoms with Gasteiger partial charge in [0.1, 0.15) is 11.5 Å². The van der Waals surface area contributed by atoms with Crippen molar-refractivity contribution in [1.82, 2.24) is 10.2 Å². The van der Waals surface area contributed by atoms with Gasteiger partial charge in [-0.05, 0) is 73.2 Å². The molecule has 0 aliphatic carbocycles. The Bertz CT molecular complexity index is 1070. The van der Waals surface area contributed by atoms with Crippen LogP contribution in [0.25, 0.3) is 0 Å². The van der Waals surface area contributed by atoms with Crippen molar-refractivity contribution in [3.63, 3.8) is 0 Å². The molecule has 2 bridgehead atoms. The van der Waals surface area contributed by atoms with Crippen LogP contribution in [0.5, 0.6) is 11.5 Å². The molecule has 176 valence electrons. The van der Waals surface area contributed by atoms with Gasteiger partial charge in [0.2, 0.25) is 0 Å². The molecule has 2 saturated heterocycles. The zero-order valence-electron chi connectivity index (χ0n) is 19.7. The van der Waals surface area contributed by atoms with Crippen molar-refractivity contribution in [2.24, 2.45) is 0 Å². The number of rotatable bonds is 8. The van der Waals surface area contributed by atoms with Gasteiger partial charge in [0.25, 0.3) is 0 Å². The maximum absolute atomic E-state index is 11.7. The first-order valence-corrected chi connectivity index (χ1v) is 12.2. The van der Waals surface area contributed by atoms with Crippen molar-refractivity contribution < 1.29 is 14.3 Å². The summed E-state index contributed by atoms with van der Waals surface area (Å²) in [5, 5.41) is 3.80. The molecular weight excluding hydrogens is 424 g/mol. The van der Waals surface area contributed by atoms with Crippen molar-refractivity contribution in [2.45, 2.75) is 56.9 Å². The van der Waals surface area contributed by atoms with Gasteiger partial charge in [-0.1, -0.05) is 42.5 Å². The van der Waals surface area contributed by atoms with E-state index in [-0.39, 0.29) is 5.97 Å². The molecule has 2 fully saturated rings. The standard InChI is InChI=1S/C29H32N2O3/c1-33-29(32)23-11-7-22(8-12-23)20-31-25-13-14-26(31)18-24(17-25)30-19-21-9-15-28(16-10-21)34-27-5-3-2-4-6-27/h2-12,15-16,24-26,30H,13-14,17-20H2,1H3. The lowest BCUT2D eigenvalue weighted by Crippen LogP contribution is -2.48. The zero-order valence-corrected chi connectivity index (χ0v) is 19.7. The fourth-order valence-electron chi connectivity index (χ4n) is 5.34. The molecule has 3 aromatic carbocycles. The fourth-order valence-corrected chi connectivity index (χ4v) is 5.34. The van der Waals surface area contributed by atoms with Gasteiger partial charge in [0.15, 0.2) is 0 Å². The Labute approximate surface area is 201 Å². The van der Waals surface area contributed by atoms with E-state index in [0.717, 1.165) is 24.6 Å². The topological polar surface area (TPSA) is 50.8 Å². The van der Waals surface area contributed by atoms with Crippen LogP contribution in [-0.2, 0) is 17.8 Å². The summed E-state index contributed by atoms with van der Waals surface area (Å²) in [5.74, 6) is 1.44.